The van der Waals surface area contributed by atoms with Gasteiger partial charge in [-0.15, -0.1) is 0 Å². The predicted molar refractivity (Wildman–Crippen MR) is 138 cm³/mol. The van der Waals surface area contributed by atoms with Gasteiger partial charge in [-0.1, -0.05) is 35.3 Å². The van der Waals surface area contributed by atoms with Crippen molar-refractivity contribution in [3.63, 3.8) is 0 Å². The van der Waals surface area contributed by atoms with Gasteiger partial charge in [0.2, 0.25) is 0 Å². The van der Waals surface area contributed by atoms with E-state index in [0.29, 0.717) is 21.5 Å². The van der Waals surface area contributed by atoms with Gasteiger partial charge in [0.25, 0.3) is 0 Å². The Morgan fingerprint density at radius 3 is 2.50 bits per heavy atom. The molecule has 0 bridgehead atoms. The highest BCUT2D eigenvalue weighted by molar-refractivity contribution is 6.32. The van der Waals surface area contributed by atoms with Gasteiger partial charge >= 0.3 is 18.0 Å². The minimum absolute atomic E-state index is 0.0405. The van der Waals surface area contributed by atoms with Crippen LogP contribution in [-0.2, 0) is 16.1 Å². The van der Waals surface area contributed by atoms with Gasteiger partial charge in [0.1, 0.15) is 5.75 Å². The third kappa shape index (κ3) is 7.41. The molecule has 1 aliphatic rings. The lowest BCUT2D eigenvalue weighted by Gasteiger charge is -2.41. The molecule has 0 aliphatic carbocycles. The van der Waals surface area contributed by atoms with Gasteiger partial charge in [0.15, 0.2) is 6.29 Å². The molecule has 1 fully saturated rings. The molecule has 1 heterocycles. The Kier molecular flexibility index (Phi) is 9.66. The quantitative estimate of drug-likeness (QED) is 0.369. The van der Waals surface area contributed by atoms with E-state index in [1.165, 1.54) is 4.90 Å². The van der Waals surface area contributed by atoms with E-state index in [0.717, 1.165) is 10.5 Å². The minimum atomic E-state index is -0.852. The van der Waals surface area contributed by atoms with Crippen molar-refractivity contribution < 1.29 is 23.9 Å². The van der Waals surface area contributed by atoms with Crippen LogP contribution in [0.3, 0.4) is 0 Å². The Bertz CT molecular complexity index is 1080. The van der Waals surface area contributed by atoms with Crippen molar-refractivity contribution in [1.29, 1.82) is 0 Å². The maximum atomic E-state index is 13.4. The van der Waals surface area contributed by atoms with Crippen LogP contribution in [-0.4, -0.2) is 53.4 Å². The fourth-order valence-corrected chi connectivity index (χ4v) is 3.95. The van der Waals surface area contributed by atoms with Gasteiger partial charge in [-0.05, 0) is 63.1 Å². The predicted octanol–water partition coefficient (Wildman–Crippen LogP) is 5.47. The summed E-state index contributed by atoms with van der Waals surface area (Å²) < 4.78 is 10.6. The van der Waals surface area contributed by atoms with Crippen LogP contribution in [0, 0.1) is 0 Å². The average Bonchev–Trinajstić information content (AvgIpc) is 2.81. The van der Waals surface area contributed by atoms with Crippen molar-refractivity contribution >= 4 is 46.9 Å². The number of nitrogens with zero attached hydrogens (tertiary/aromatic N) is 2. The first-order chi connectivity index (χ1) is 17.2. The number of imide groups is 1. The second-order valence-electron chi connectivity index (χ2n) is 8.41. The first kappa shape index (κ1) is 27.4. The molecule has 11 heteroatoms. The largest absolute Gasteiger partial charge is 0.489 e. The standard InChI is InChI=1S/C25H30Cl2N4O5/c1-4-35-22(32)6-5-13-30-24(33)29-23(28-19-11-12-21(20(27)14-19)36-16(2)3)31(25(30)34)15-17-7-9-18(26)10-8-17/h7-12,14,16,23,28H,4-6,13,15H2,1-3H3,(H,29,33). The van der Waals surface area contributed by atoms with E-state index in [2.05, 4.69) is 10.6 Å². The summed E-state index contributed by atoms with van der Waals surface area (Å²) in [6, 6.07) is 11.2. The Hall–Kier alpha value is -3.17. The molecule has 9 nitrogen and oxygen atoms in total. The van der Waals surface area contributed by atoms with Crippen LogP contribution >= 0.6 is 23.2 Å². The van der Waals surface area contributed by atoms with Crippen LogP contribution in [0.1, 0.15) is 39.2 Å². The average molecular weight is 537 g/mol. The molecule has 1 aliphatic heterocycles. The zero-order valence-corrected chi connectivity index (χ0v) is 21.9. The highest BCUT2D eigenvalue weighted by Gasteiger charge is 2.38. The number of nitrogens with one attached hydrogen (secondary N) is 2. The summed E-state index contributed by atoms with van der Waals surface area (Å²) in [5.41, 5.74) is 1.41. The smallest absolute Gasteiger partial charge is 0.331 e. The topological polar surface area (TPSA) is 100 Å². The van der Waals surface area contributed by atoms with E-state index >= 15 is 0 Å². The molecule has 2 aromatic rings. The highest BCUT2D eigenvalue weighted by Crippen LogP contribution is 2.29. The van der Waals surface area contributed by atoms with Crippen molar-refractivity contribution in [2.24, 2.45) is 0 Å². The van der Waals surface area contributed by atoms with Crippen LogP contribution in [0.25, 0.3) is 0 Å². The van der Waals surface area contributed by atoms with Crippen LogP contribution in [0.5, 0.6) is 5.75 Å². The van der Waals surface area contributed by atoms with Gasteiger partial charge in [-0.2, -0.15) is 0 Å². The summed E-state index contributed by atoms with van der Waals surface area (Å²) in [7, 11) is 0. The molecule has 0 spiro atoms. The third-order valence-corrected chi connectivity index (χ3v) is 5.77. The number of esters is 1. The lowest BCUT2D eigenvalue weighted by molar-refractivity contribution is -0.143. The van der Waals surface area contributed by atoms with E-state index in [1.54, 1.807) is 37.3 Å². The SMILES string of the molecule is CCOC(=O)CCCN1C(=O)NC(Nc2ccc(OC(C)C)c(Cl)c2)N(Cc2ccc(Cl)cc2)C1=O. The fraction of sp³-hybridized carbons (Fsp3) is 0.400. The fourth-order valence-electron chi connectivity index (χ4n) is 3.59. The Labute approximate surface area is 220 Å². The summed E-state index contributed by atoms with van der Waals surface area (Å²) in [5.74, 6) is 0.161. The number of carbonyl (C=O) groups excluding carboxylic acids is 3. The molecule has 1 unspecified atom stereocenters. The molecule has 0 saturated carbocycles. The maximum absolute atomic E-state index is 13.4. The van der Waals surface area contributed by atoms with E-state index in [4.69, 9.17) is 32.7 Å². The number of ether oxygens (including phenoxy) is 2. The molecule has 194 valence electrons. The Balaban J connectivity index is 1.79. The lowest BCUT2D eigenvalue weighted by atomic mass is 10.2. The van der Waals surface area contributed by atoms with Crippen molar-refractivity contribution in [3.05, 3.63) is 58.1 Å². The Morgan fingerprint density at radius 2 is 1.86 bits per heavy atom. The summed E-state index contributed by atoms with van der Waals surface area (Å²) in [6.07, 6.45) is -0.499. The van der Waals surface area contributed by atoms with Crippen molar-refractivity contribution in [2.45, 2.75) is 52.6 Å². The molecule has 4 amide bonds. The molecule has 1 atom stereocenters. The first-order valence-corrected chi connectivity index (χ1v) is 12.4. The molecular weight excluding hydrogens is 507 g/mol. The second-order valence-corrected chi connectivity index (χ2v) is 9.25. The molecule has 3 rings (SSSR count). The molecular formula is C25H30Cl2N4O5. The Morgan fingerprint density at radius 1 is 1.14 bits per heavy atom. The molecule has 0 radical (unpaired) electrons. The van der Waals surface area contributed by atoms with E-state index in [9.17, 15) is 14.4 Å². The van der Waals surface area contributed by atoms with Crippen LogP contribution in [0.2, 0.25) is 10.0 Å². The number of hydrogen-bond acceptors (Lipinski definition) is 6. The number of benzene rings is 2. The number of halogens is 2. The second kappa shape index (κ2) is 12.7. The highest BCUT2D eigenvalue weighted by atomic mass is 35.5. The molecule has 2 N–H and O–H groups in total. The molecule has 2 aromatic carbocycles. The molecule has 36 heavy (non-hydrogen) atoms. The summed E-state index contributed by atoms with van der Waals surface area (Å²) in [4.78, 5) is 40.5. The molecule has 1 saturated heterocycles. The van der Waals surface area contributed by atoms with E-state index in [1.807, 2.05) is 26.0 Å². The number of amides is 4. The first-order valence-electron chi connectivity index (χ1n) is 11.7. The van der Waals surface area contributed by atoms with Crippen LogP contribution < -0.4 is 15.4 Å². The van der Waals surface area contributed by atoms with E-state index < -0.39 is 18.4 Å². The van der Waals surface area contributed by atoms with Crippen molar-refractivity contribution in [2.75, 3.05) is 18.5 Å². The number of rotatable bonds is 11. The third-order valence-electron chi connectivity index (χ3n) is 5.23. The lowest BCUT2D eigenvalue weighted by Crippen LogP contribution is -2.67. The van der Waals surface area contributed by atoms with Crippen molar-refractivity contribution in [3.8, 4) is 5.75 Å². The van der Waals surface area contributed by atoms with Gasteiger partial charge in [-0.25, -0.2) is 14.5 Å². The van der Waals surface area contributed by atoms with Crippen molar-refractivity contribution in [1.82, 2.24) is 15.1 Å². The monoisotopic (exact) mass is 536 g/mol. The number of carbonyl (C=O) groups is 3. The van der Waals surface area contributed by atoms with Gasteiger partial charge in [-0.3, -0.25) is 15.0 Å². The molecule has 0 aromatic heterocycles. The zero-order valence-electron chi connectivity index (χ0n) is 20.4. The van der Waals surface area contributed by atoms with Gasteiger partial charge in [0.05, 0.1) is 24.3 Å². The summed E-state index contributed by atoms with van der Waals surface area (Å²) in [5, 5.41) is 6.95. The number of anilines is 1. The minimum Gasteiger partial charge on any atom is -0.489 e. The maximum Gasteiger partial charge on any atom is 0.331 e. The van der Waals surface area contributed by atoms with Gasteiger partial charge < -0.3 is 14.8 Å². The zero-order chi connectivity index (χ0) is 26.2. The number of urea groups is 2. The van der Waals surface area contributed by atoms with Gasteiger partial charge in [0, 0.05) is 23.7 Å². The van der Waals surface area contributed by atoms with Crippen LogP contribution in [0.4, 0.5) is 15.3 Å². The normalized spacial score (nSPS) is 15.7. The summed E-state index contributed by atoms with van der Waals surface area (Å²) in [6.45, 7) is 6.07. The van der Waals surface area contributed by atoms with E-state index in [-0.39, 0.29) is 44.6 Å². The number of hydrogen-bond donors (Lipinski definition) is 2. The summed E-state index contributed by atoms with van der Waals surface area (Å²) >= 11 is 12.4. The van der Waals surface area contributed by atoms with Crippen LogP contribution in [0.15, 0.2) is 42.5 Å².